The molecule has 1 aliphatic rings. The van der Waals surface area contributed by atoms with Crippen LogP contribution in [-0.2, 0) is 6.61 Å². The molecule has 0 aromatic heterocycles. The molecule has 1 aliphatic heterocycles. The Hall–Kier alpha value is -1.48. The summed E-state index contributed by atoms with van der Waals surface area (Å²) < 4.78 is 0. The van der Waals surface area contributed by atoms with Crippen LogP contribution in [0.5, 0.6) is 0 Å². The molecule has 1 unspecified atom stereocenters. The number of hydrogen-bond donors (Lipinski definition) is 3. The zero-order valence-corrected chi connectivity index (χ0v) is 9.75. The van der Waals surface area contributed by atoms with Gasteiger partial charge in [0.25, 0.3) is 0 Å². The molecule has 2 rings (SSSR count). The van der Waals surface area contributed by atoms with Crippen LogP contribution < -0.4 is 10.6 Å². The van der Waals surface area contributed by atoms with Crippen LogP contribution in [0.15, 0.2) is 30.1 Å². The van der Waals surface area contributed by atoms with Crippen molar-refractivity contribution < 1.29 is 5.11 Å². The molecule has 0 amide bonds. The van der Waals surface area contributed by atoms with Gasteiger partial charge in [-0.1, -0.05) is 25.1 Å². The third-order valence-corrected chi connectivity index (χ3v) is 3.24. The number of nitrogens with one attached hydrogen (secondary N) is 2. The fraction of sp³-hybridized carbons (Fsp3) is 0.385. The van der Waals surface area contributed by atoms with Crippen LogP contribution in [0.3, 0.4) is 0 Å². The Morgan fingerprint density at radius 2 is 2.25 bits per heavy atom. The lowest BCUT2D eigenvalue weighted by atomic mass is 9.91. The van der Waals surface area contributed by atoms with Gasteiger partial charge in [-0.2, -0.15) is 0 Å². The number of aliphatic hydroxyl groups is 1. The first kappa shape index (κ1) is 11.0. The van der Waals surface area contributed by atoms with E-state index < -0.39 is 0 Å². The summed E-state index contributed by atoms with van der Waals surface area (Å²) >= 11 is 0. The van der Waals surface area contributed by atoms with E-state index in [1.807, 2.05) is 18.3 Å². The molecule has 1 aromatic rings. The summed E-state index contributed by atoms with van der Waals surface area (Å²) in [7, 11) is 0. The van der Waals surface area contributed by atoms with Gasteiger partial charge in [0, 0.05) is 17.8 Å². The van der Waals surface area contributed by atoms with E-state index in [1.165, 1.54) is 16.8 Å². The molecule has 1 heterocycles. The van der Waals surface area contributed by atoms with Gasteiger partial charge in [-0.25, -0.2) is 0 Å². The van der Waals surface area contributed by atoms with Crippen molar-refractivity contribution >= 4 is 0 Å². The van der Waals surface area contributed by atoms with Gasteiger partial charge < -0.3 is 15.7 Å². The minimum absolute atomic E-state index is 0.108. The molecule has 0 saturated carbocycles. The Labute approximate surface area is 96.2 Å². The second kappa shape index (κ2) is 4.58. The first-order chi connectivity index (χ1) is 7.74. The molecule has 0 spiro atoms. The van der Waals surface area contributed by atoms with Crippen LogP contribution in [0.2, 0.25) is 0 Å². The van der Waals surface area contributed by atoms with Crippen molar-refractivity contribution in [3.8, 4) is 0 Å². The summed E-state index contributed by atoms with van der Waals surface area (Å²) in [5.41, 5.74) is 4.68. The highest BCUT2D eigenvalue weighted by atomic mass is 16.3. The zero-order chi connectivity index (χ0) is 11.5. The summed E-state index contributed by atoms with van der Waals surface area (Å²) in [5, 5.41) is 15.7. The number of benzene rings is 1. The van der Waals surface area contributed by atoms with Gasteiger partial charge in [-0.3, -0.25) is 0 Å². The SMILES string of the molecule is Cc1c(CO)cccc1C(C)C1=CNCN1. The molecule has 86 valence electrons. The van der Waals surface area contributed by atoms with Crippen molar-refractivity contribution in [2.24, 2.45) is 0 Å². The maximum atomic E-state index is 9.25. The monoisotopic (exact) mass is 218 g/mol. The van der Waals surface area contributed by atoms with Gasteiger partial charge in [-0.15, -0.1) is 0 Å². The highest BCUT2D eigenvalue weighted by molar-refractivity contribution is 5.39. The largest absolute Gasteiger partial charge is 0.392 e. The highest BCUT2D eigenvalue weighted by Gasteiger charge is 2.16. The normalized spacial score (nSPS) is 16.3. The van der Waals surface area contributed by atoms with E-state index in [-0.39, 0.29) is 6.61 Å². The van der Waals surface area contributed by atoms with E-state index in [1.54, 1.807) is 0 Å². The molecular formula is C13H18N2O. The molecule has 0 bridgehead atoms. The Kier molecular flexibility index (Phi) is 3.15. The maximum Gasteiger partial charge on any atom is 0.0843 e. The fourth-order valence-corrected chi connectivity index (χ4v) is 2.15. The third kappa shape index (κ3) is 1.91. The number of allylic oxidation sites excluding steroid dienone is 1. The van der Waals surface area contributed by atoms with Crippen molar-refractivity contribution in [1.82, 2.24) is 10.6 Å². The van der Waals surface area contributed by atoms with Gasteiger partial charge in [0.1, 0.15) is 0 Å². The van der Waals surface area contributed by atoms with E-state index in [9.17, 15) is 5.11 Å². The Balaban J connectivity index is 2.32. The van der Waals surface area contributed by atoms with Crippen molar-refractivity contribution in [3.63, 3.8) is 0 Å². The van der Waals surface area contributed by atoms with E-state index >= 15 is 0 Å². The lowest BCUT2D eigenvalue weighted by Crippen LogP contribution is -2.17. The molecule has 3 nitrogen and oxygen atoms in total. The second-order valence-corrected chi connectivity index (χ2v) is 4.17. The van der Waals surface area contributed by atoms with Crippen LogP contribution in [0, 0.1) is 6.92 Å². The molecule has 0 fully saturated rings. The highest BCUT2D eigenvalue weighted by Crippen LogP contribution is 2.27. The van der Waals surface area contributed by atoms with Gasteiger partial charge in [0.05, 0.1) is 13.3 Å². The molecule has 1 aromatic carbocycles. The molecule has 0 aliphatic carbocycles. The third-order valence-electron chi connectivity index (χ3n) is 3.24. The summed E-state index contributed by atoms with van der Waals surface area (Å²) in [6, 6.07) is 6.10. The Morgan fingerprint density at radius 3 is 2.88 bits per heavy atom. The standard InChI is InChI=1S/C13H18N2O/c1-9-11(7-16)4-3-5-12(9)10(2)13-6-14-8-15-13/h3-6,10,14-16H,7-8H2,1-2H3. The lowest BCUT2D eigenvalue weighted by Gasteiger charge is -2.17. The zero-order valence-electron chi connectivity index (χ0n) is 9.75. The van der Waals surface area contributed by atoms with E-state index in [0.29, 0.717) is 5.92 Å². The molecule has 0 radical (unpaired) electrons. The minimum Gasteiger partial charge on any atom is -0.392 e. The quantitative estimate of drug-likeness (QED) is 0.721. The van der Waals surface area contributed by atoms with Gasteiger partial charge >= 0.3 is 0 Å². The van der Waals surface area contributed by atoms with E-state index in [4.69, 9.17) is 0 Å². The van der Waals surface area contributed by atoms with Crippen LogP contribution in [0.4, 0.5) is 0 Å². The maximum absolute atomic E-state index is 9.25. The Bertz CT molecular complexity index is 412. The number of aliphatic hydroxyl groups excluding tert-OH is 1. The molecule has 0 saturated heterocycles. The molecule has 3 N–H and O–H groups in total. The van der Waals surface area contributed by atoms with Crippen LogP contribution in [0.1, 0.15) is 29.5 Å². The van der Waals surface area contributed by atoms with Crippen LogP contribution >= 0.6 is 0 Å². The van der Waals surface area contributed by atoms with Crippen molar-refractivity contribution in [3.05, 3.63) is 46.8 Å². The van der Waals surface area contributed by atoms with Crippen molar-refractivity contribution in [1.29, 1.82) is 0 Å². The second-order valence-electron chi connectivity index (χ2n) is 4.17. The molecule has 3 heteroatoms. The first-order valence-corrected chi connectivity index (χ1v) is 5.60. The Morgan fingerprint density at radius 1 is 1.44 bits per heavy atom. The minimum atomic E-state index is 0.108. The molecule has 1 atom stereocenters. The van der Waals surface area contributed by atoms with Gasteiger partial charge in [0.15, 0.2) is 0 Å². The predicted molar refractivity (Wildman–Crippen MR) is 64.7 cm³/mol. The average Bonchev–Trinajstić information content (AvgIpc) is 2.82. The van der Waals surface area contributed by atoms with Crippen LogP contribution in [-0.4, -0.2) is 11.8 Å². The topological polar surface area (TPSA) is 44.3 Å². The molecule has 16 heavy (non-hydrogen) atoms. The number of rotatable bonds is 3. The fourth-order valence-electron chi connectivity index (χ4n) is 2.15. The summed E-state index contributed by atoms with van der Waals surface area (Å²) in [6.45, 7) is 5.16. The predicted octanol–water partition coefficient (Wildman–Crippen LogP) is 1.58. The van der Waals surface area contributed by atoms with Crippen LogP contribution in [0.25, 0.3) is 0 Å². The summed E-state index contributed by atoms with van der Waals surface area (Å²) in [5.74, 6) is 0.335. The molecular weight excluding hydrogens is 200 g/mol. The van der Waals surface area contributed by atoms with Crippen molar-refractivity contribution in [2.75, 3.05) is 6.67 Å². The first-order valence-electron chi connectivity index (χ1n) is 5.60. The van der Waals surface area contributed by atoms with Gasteiger partial charge in [0.2, 0.25) is 0 Å². The van der Waals surface area contributed by atoms with E-state index in [0.717, 1.165) is 12.2 Å². The van der Waals surface area contributed by atoms with E-state index in [2.05, 4.69) is 30.5 Å². The lowest BCUT2D eigenvalue weighted by molar-refractivity contribution is 0.281. The summed E-state index contributed by atoms with van der Waals surface area (Å²) in [6.07, 6.45) is 2.02. The average molecular weight is 218 g/mol. The smallest absolute Gasteiger partial charge is 0.0843 e. The summed E-state index contributed by atoms with van der Waals surface area (Å²) in [4.78, 5) is 0. The number of hydrogen-bond acceptors (Lipinski definition) is 3. The van der Waals surface area contributed by atoms with Crippen molar-refractivity contribution in [2.45, 2.75) is 26.4 Å². The van der Waals surface area contributed by atoms with Gasteiger partial charge in [-0.05, 0) is 23.6 Å².